The van der Waals surface area contributed by atoms with E-state index in [0.717, 1.165) is 24.8 Å². The van der Waals surface area contributed by atoms with Gasteiger partial charge in [-0.15, -0.1) is 0 Å². The SMILES string of the molecule is O=C(N[C@H](Cc1ccccc1)C(=O)O)C1CC2CCC1C2. The summed E-state index contributed by atoms with van der Waals surface area (Å²) in [5, 5.41) is 12.1. The van der Waals surface area contributed by atoms with Gasteiger partial charge >= 0.3 is 5.97 Å². The molecule has 0 heterocycles. The highest BCUT2D eigenvalue weighted by Crippen LogP contribution is 2.48. The van der Waals surface area contributed by atoms with E-state index in [9.17, 15) is 14.7 Å². The predicted octanol–water partition coefficient (Wildman–Crippen LogP) is 2.23. The van der Waals surface area contributed by atoms with Gasteiger partial charge in [0, 0.05) is 12.3 Å². The van der Waals surface area contributed by atoms with Crippen LogP contribution in [0.15, 0.2) is 30.3 Å². The van der Waals surface area contributed by atoms with Gasteiger partial charge < -0.3 is 10.4 Å². The smallest absolute Gasteiger partial charge is 0.326 e. The second kappa shape index (κ2) is 5.88. The molecule has 1 aromatic rings. The Balaban J connectivity index is 1.62. The number of carbonyl (C=O) groups is 2. The summed E-state index contributed by atoms with van der Waals surface area (Å²) in [6, 6.07) is 8.60. The van der Waals surface area contributed by atoms with E-state index < -0.39 is 12.0 Å². The van der Waals surface area contributed by atoms with Crippen molar-refractivity contribution < 1.29 is 14.7 Å². The lowest BCUT2D eigenvalue weighted by Crippen LogP contribution is -2.45. The van der Waals surface area contributed by atoms with Crippen LogP contribution in [0.1, 0.15) is 31.2 Å². The summed E-state index contributed by atoms with van der Waals surface area (Å²) in [5.74, 6) is 0.159. The average Bonchev–Trinajstić information content (AvgIpc) is 3.10. The van der Waals surface area contributed by atoms with Crippen LogP contribution in [0.4, 0.5) is 0 Å². The Bertz CT molecular complexity index is 528. The molecule has 4 atom stereocenters. The molecule has 112 valence electrons. The van der Waals surface area contributed by atoms with Crippen molar-refractivity contribution in [2.75, 3.05) is 0 Å². The normalized spacial score (nSPS) is 28.3. The Hall–Kier alpha value is -1.84. The maximum absolute atomic E-state index is 12.4. The summed E-state index contributed by atoms with van der Waals surface area (Å²) < 4.78 is 0. The Labute approximate surface area is 124 Å². The minimum absolute atomic E-state index is 0.0290. The number of benzene rings is 1. The van der Waals surface area contributed by atoms with Gasteiger partial charge in [0.05, 0.1) is 0 Å². The first-order chi connectivity index (χ1) is 10.1. The highest BCUT2D eigenvalue weighted by Gasteiger charge is 2.43. The molecule has 4 heteroatoms. The third-order valence-electron chi connectivity index (χ3n) is 4.97. The number of hydrogen-bond acceptors (Lipinski definition) is 2. The fourth-order valence-corrected chi connectivity index (χ4v) is 3.89. The number of rotatable bonds is 5. The monoisotopic (exact) mass is 287 g/mol. The van der Waals surface area contributed by atoms with Crippen LogP contribution in [0.25, 0.3) is 0 Å². The second-order valence-electron chi connectivity index (χ2n) is 6.37. The third kappa shape index (κ3) is 3.09. The van der Waals surface area contributed by atoms with Crippen LogP contribution in [0, 0.1) is 17.8 Å². The lowest BCUT2D eigenvalue weighted by molar-refractivity contribution is -0.142. The van der Waals surface area contributed by atoms with E-state index in [1.807, 2.05) is 30.3 Å². The van der Waals surface area contributed by atoms with Crippen molar-refractivity contribution in [3.8, 4) is 0 Å². The summed E-state index contributed by atoms with van der Waals surface area (Å²) in [6.07, 6.45) is 4.78. The molecular weight excluding hydrogens is 266 g/mol. The van der Waals surface area contributed by atoms with Crippen molar-refractivity contribution in [3.63, 3.8) is 0 Å². The molecule has 4 nitrogen and oxygen atoms in total. The number of carboxylic acid groups (broad SMARTS) is 1. The standard InChI is InChI=1S/C17H21NO3/c19-16(14-9-12-6-7-13(14)8-12)18-15(17(20)21)10-11-4-2-1-3-5-11/h1-5,12-15H,6-10H2,(H,18,19)(H,20,21)/t12?,13?,14?,15-/m1/s1. The van der Waals surface area contributed by atoms with Crippen LogP contribution in [-0.4, -0.2) is 23.0 Å². The van der Waals surface area contributed by atoms with E-state index in [-0.39, 0.29) is 11.8 Å². The first-order valence-corrected chi connectivity index (χ1v) is 7.70. The van der Waals surface area contributed by atoms with Crippen LogP contribution >= 0.6 is 0 Å². The van der Waals surface area contributed by atoms with Crippen molar-refractivity contribution in [1.29, 1.82) is 0 Å². The number of carboxylic acids is 1. The van der Waals surface area contributed by atoms with Crippen molar-refractivity contribution in [2.45, 2.75) is 38.1 Å². The Morgan fingerprint density at radius 3 is 2.52 bits per heavy atom. The van der Waals surface area contributed by atoms with Gasteiger partial charge in [-0.2, -0.15) is 0 Å². The fraction of sp³-hybridized carbons (Fsp3) is 0.529. The van der Waals surface area contributed by atoms with E-state index in [1.165, 1.54) is 6.42 Å². The maximum Gasteiger partial charge on any atom is 0.326 e. The van der Waals surface area contributed by atoms with Gasteiger partial charge in [-0.05, 0) is 36.7 Å². The molecule has 2 fully saturated rings. The van der Waals surface area contributed by atoms with Crippen LogP contribution in [0.5, 0.6) is 0 Å². The molecule has 2 bridgehead atoms. The molecule has 3 rings (SSSR count). The van der Waals surface area contributed by atoms with Crippen LogP contribution in [0.3, 0.4) is 0 Å². The predicted molar refractivity (Wildman–Crippen MR) is 78.7 cm³/mol. The first-order valence-electron chi connectivity index (χ1n) is 7.70. The number of aliphatic carboxylic acids is 1. The quantitative estimate of drug-likeness (QED) is 0.872. The molecule has 1 aromatic carbocycles. The van der Waals surface area contributed by atoms with E-state index >= 15 is 0 Å². The lowest BCUT2D eigenvalue weighted by Gasteiger charge is -2.23. The Kier molecular flexibility index (Phi) is 3.95. The molecular formula is C17H21NO3. The minimum atomic E-state index is -0.963. The molecule has 0 spiro atoms. The highest BCUT2D eigenvalue weighted by atomic mass is 16.4. The van der Waals surface area contributed by atoms with Gasteiger partial charge in [0.15, 0.2) is 0 Å². The molecule has 2 N–H and O–H groups in total. The zero-order valence-electron chi connectivity index (χ0n) is 12.0. The number of hydrogen-bond donors (Lipinski definition) is 2. The average molecular weight is 287 g/mol. The second-order valence-corrected chi connectivity index (χ2v) is 6.37. The van der Waals surface area contributed by atoms with E-state index in [4.69, 9.17) is 0 Å². The van der Waals surface area contributed by atoms with Gasteiger partial charge in [-0.25, -0.2) is 4.79 Å². The Morgan fingerprint density at radius 2 is 1.95 bits per heavy atom. The molecule has 1 amide bonds. The van der Waals surface area contributed by atoms with Crippen molar-refractivity contribution in [3.05, 3.63) is 35.9 Å². The Morgan fingerprint density at radius 1 is 1.19 bits per heavy atom. The number of amides is 1. The third-order valence-corrected chi connectivity index (χ3v) is 4.97. The number of fused-ring (bicyclic) bond motifs is 2. The van der Waals surface area contributed by atoms with E-state index in [0.29, 0.717) is 18.3 Å². The zero-order chi connectivity index (χ0) is 14.8. The largest absolute Gasteiger partial charge is 0.480 e. The van der Waals surface area contributed by atoms with Crippen LogP contribution < -0.4 is 5.32 Å². The topological polar surface area (TPSA) is 66.4 Å². The molecule has 2 aliphatic carbocycles. The van der Waals surface area contributed by atoms with Gasteiger partial charge in [0.25, 0.3) is 0 Å². The summed E-state index contributed by atoms with van der Waals surface area (Å²) in [6.45, 7) is 0. The van der Waals surface area contributed by atoms with Crippen LogP contribution in [-0.2, 0) is 16.0 Å². The maximum atomic E-state index is 12.4. The number of nitrogens with one attached hydrogen (secondary N) is 1. The lowest BCUT2D eigenvalue weighted by atomic mass is 9.88. The van der Waals surface area contributed by atoms with Gasteiger partial charge in [-0.1, -0.05) is 36.8 Å². The molecule has 0 saturated heterocycles. The number of carbonyl (C=O) groups excluding carboxylic acids is 1. The zero-order valence-corrected chi connectivity index (χ0v) is 12.0. The minimum Gasteiger partial charge on any atom is -0.480 e. The molecule has 0 aliphatic heterocycles. The summed E-state index contributed by atoms with van der Waals surface area (Å²) in [5.41, 5.74) is 0.929. The van der Waals surface area contributed by atoms with Crippen LogP contribution in [0.2, 0.25) is 0 Å². The fourth-order valence-electron chi connectivity index (χ4n) is 3.89. The summed E-state index contributed by atoms with van der Waals surface area (Å²) in [4.78, 5) is 23.8. The first kappa shape index (κ1) is 14.1. The summed E-state index contributed by atoms with van der Waals surface area (Å²) in [7, 11) is 0. The molecule has 0 aromatic heterocycles. The molecule has 2 aliphatic rings. The molecule has 2 saturated carbocycles. The molecule has 21 heavy (non-hydrogen) atoms. The van der Waals surface area contributed by atoms with Crippen molar-refractivity contribution in [2.24, 2.45) is 17.8 Å². The highest BCUT2D eigenvalue weighted by molar-refractivity contribution is 5.85. The van der Waals surface area contributed by atoms with Gasteiger partial charge in [0.1, 0.15) is 6.04 Å². The van der Waals surface area contributed by atoms with Gasteiger partial charge in [-0.3, -0.25) is 4.79 Å². The summed E-state index contributed by atoms with van der Waals surface area (Å²) >= 11 is 0. The molecule has 0 radical (unpaired) electrons. The van der Waals surface area contributed by atoms with Crippen molar-refractivity contribution >= 4 is 11.9 Å². The van der Waals surface area contributed by atoms with E-state index in [2.05, 4.69) is 5.32 Å². The van der Waals surface area contributed by atoms with Gasteiger partial charge in [0.2, 0.25) is 5.91 Å². The van der Waals surface area contributed by atoms with Crippen molar-refractivity contribution in [1.82, 2.24) is 5.32 Å². The van der Waals surface area contributed by atoms with E-state index in [1.54, 1.807) is 0 Å². The molecule has 3 unspecified atom stereocenters.